The Balaban J connectivity index is 1.95. The molecule has 2 N–H and O–H groups in total. The number of fused-ring (bicyclic) bond motifs is 1. The van der Waals surface area contributed by atoms with Gasteiger partial charge in [-0.2, -0.15) is 0 Å². The molecule has 6 nitrogen and oxygen atoms in total. The number of nitrogens with one attached hydrogen (secondary N) is 2. The summed E-state index contributed by atoms with van der Waals surface area (Å²) in [4.78, 5) is 23.7. The van der Waals surface area contributed by atoms with E-state index < -0.39 is 0 Å². The Labute approximate surface area is 176 Å². The van der Waals surface area contributed by atoms with Gasteiger partial charge in [0.2, 0.25) is 5.91 Å². The molecular weight excluding hydrogens is 386 g/mol. The van der Waals surface area contributed by atoms with Crippen molar-refractivity contribution >= 4 is 39.9 Å². The summed E-state index contributed by atoms with van der Waals surface area (Å²) in [7, 11) is 4.13. The van der Waals surface area contributed by atoms with Crippen molar-refractivity contribution in [2.24, 2.45) is 0 Å². The Bertz CT molecular complexity index is 976. The Kier molecular flexibility index (Phi) is 7.38. The number of rotatable bonds is 9. The highest BCUT2D eigenvalue weighted by Gasteiger charge is 2.13. The molecule has 2 aromatic carbocycles. The highest BCUT2D eigenvalue weighted by atomic mass is 35.5. The normalized spacial score (nSPS) is 11.0. The van der Waals surface area contributed by atoms with Gasteiger partial charge in [-0.15, -0.1) is 11.6 Å². The molecule has 0 saturated heterocycles. The molecule has 0 spiro atoms. The van der Waals surface area contributed by atoms with E-state index in [0.29, 0.717) is 11.5 Å². The minimum Gasteiger partial charge on any atom is -0.369 e. The predicted molar refractivity (Wildman–Crippen MR) is 121 cm³/mol. The first-order valence-electron chi connectivity index (χ1n) is 9.69. The molecule has 0 radical (unpaired) electrons. The van der Waals surface area contributed by atoms with Crippen LogP contribution in [0, 0.1) is 0 Å². The lowest BCUT2D eigenvalue weighted by molar-refractivity contribution is -0.115. The van der Waals surface area contributed by atoms with Crippen molar-refractivity contribution in [3.63, 3.8) is 0 Å². The van der Waals surface area contributed by atoms with Crippen LogP contribution in [0.2, 0.25) is 0 Å². The summed E-state index contributed by atoms with van der Waals surface area (Å²) in [6.45, 7) is 1.81. The van der Waals surface area contributed by atoms with Crippen LogP contribution < -0.4 is 10.6 Å². The average molecular weight is 412 g/mol. The third-order valence-corrected chi connectivity index (χ3v) is 4.63. The second kappa shape index (κ2) is 10.2. The number of hydrogen-bond acceptors (Lipinski definition) is 5. The van der Waals surface area contributed by atoms with E-state index in [2.05, 4.69) is 29.6 Å². The van der Waals surface area contributed by atoms with Gasteiger partial charge >= 0.3 is 0 Å². The van der Waals surface area contributed by atoms with E-state index in [4.69, 9.17) is 21.6 Å². The maximum Gasteiger partial charge on any atom is 0.225 e. The van der Waals surface area contributed by atoms with Gasteiger partial charge in [0.1, 0.15) is 5.82 Å². The zero-order valence-corrected chi connectivity index (χ0v) is 17.5. The molecule has 0 aliphatic rings. The number of anilines is 2. The van der Waals surface area contributed by atoms with Crippen LogP contribution in [-0.4, -0.2) is 53.8 Å². The lowest BCUT2D eigenvalue weighted by Gasteiger charge is -2.14. The number of carbonyl (C=O) groups excluding carboxylic acids is 1. The lowest BCUT2D eigenvalue weighted by Crippen LogP contribution is -2.17. The first-order valence-corrected chi connectivity index (χ1v) is 10.2. The molecule has 0 atom stereocenters. The highest BCUT2D eigenvalue weighted by Crippen LogP contribution is 2.29. The largest absolute Gasteiger partial charge is 0.369 e. The van der Waals surface area contributed by atoms with Crippen LogP contribution in [0.25, 0.3) is 22.3 Å². The fourth-order valence-electron chi connectivity index (χ4n) is 3.02. The van der Waals surface area contributed by atoms with E-state index in [0.717, 1.165) is 41.8 Å². The number of hydrogen-bond donors (Lipinski definition) is 2. The molecule has 29 heavy (non-hydrogen) atoms. The molecule has 152 valence electrons. The van der Waals surface area contributed by atoms with Crippen LogP contribution >= 0.6 is 11.6 Å². The topological polar surface area (TPSA) is 70.2 Å². The van der Waals surface area contributed by atoms with Crippen LogP contribution in [0.15, 0.2) is 48.5 Å². The molecule has 0 bridgehead atoms. The second-order valence-electron chi connectivity index (χ2n) is 7.03. The number of aromatic nitrogens is 2. The number of alkyl halides is 1. The maximum atomic E-state index is 12.1. The van der Waals surface area contributed by atoms with Crippen molar-refractivity contribution in [2.75, 3.05) is 43.7 Å². The van der Waals surface area contributed by atoms with Crippen LogP contribution in [0.1, 0.15) is 12.8 Å². The summed E-state index contributed by atoms with van der Waals surface area (Å²) < 4.78 is 0. The van der Waals surface area contributed by atoms with E-state index in [1.807, 2.05) is 48.5 Å². The van der Waals surface area contributed by atoms with Crippen LogP contribution in [0.5, 0.6) is 0 Å². The fraction of sp³-hybridized carbons (Fsp3) is 0.318. The Morgan fingerprint density at radius 2 is 1.83 bits per heavy atom. The van der Waals surface area contributed by atoms with Gasteiger partial charge in [-0.1, -0.05) is 24.3 Å². The number of nitrogens with zero attached hydrogens (tertiary/aromatic N) is 3. The van der Waals surface area contributed by atoms with E-state index in [1.165, 1.54) is 0 Å². The summed E-state index contributed by atoms with van der Waals surface area (Å²) in [5.74, 6) is 1.52. The average Bonchev–Trinajstić information content (AvgIpc) is 2.71. The number of para-hydroxylation sites is 2. The quantitative estimate of drug-likeness (QED) is 0.407. The molecule has 0 aliphatic carbocycles. The van der Waals surface area contributed by atoms with Crippen molar-refractivity contribution in [1.29, 1.82) is 0 Å². The lowest BCUT2D eigenvalue weighted by atomic mass is 10.1. The minimum atomic E-state index is -0.129. The van der Waals surface area contributed by atoms with Gasteiger partial charge in [0.25, 0.3) is 0 Å². The molecule has 0 aliphatic heterocycles. The van der Waals surface area contributed by atoms with Crippen LogP contribution in [0.3, 0.4) is 0 Å². The van der Waals surface area contributed by atoms with Crippen molar-refractivity contribution < 1.29 is 4.79 Å². The number of amides is 1. The molecule has 7 heteroatoms. The van der Waals surface area contributed by atoms with Gasteiger partial charge in [0.05, 0.1) is 11.2 Å². The van der Waals surface area contributed by atoms with E-state index in [1.54, 1.807) is 0 Å². The Hall–Kier alpha value is -2.70. The summed E-state index contributed by atoms with van der Waals surface area (Å²) >= 11 is 5.69. The summed E-state index contributed by atoms with van der Waals surface area (Å²) in [6, 6.07) is 15.5. The van der Waals surface area contributed by atoms with Crippen LogP contribution in [0.4, 0.5) is 11.5 Å². The van der Waals surface area contributed by atoms with Crippen molar-refractivity contribution in [3.05, 3.63) is 48.5 Å². The molecular formula is C22H26ClN5O. The zero-order valence-electron chi connectivity index (χ0n) is 16.8. The first kappa shape index (κ1) is 21.0. The molecule has 1 amide bonds. The van der Waals surface area contributed by atoms with Gasteiger partial charge in [0.15, 0.2) is 5.82 Å². The standard InChI is InChI=1S/C22H26ClN5O/c1-28(2)15-7-14-24-21-16-8-3-6-11-19(16)26-22(27-21)17-9-4-5-10-18(17)25-20(29)12-13-23/h3-6,8-11H,7,12-15H2,1-2H3,(H,25,29)(H,24,26,27). The van der Waals surface area contributed by atoms with Gasteiger partial charge in [0, 0.05) is 29.8 Å². The van der Waals surface area contributed by atoms with Crippen LogP contribution in [-0.2, 0) is 4.79 Å². The molecule has 0 fully saturated rings. The molecule has 3 rings (SSSR count). The third kappa shape index (κ3) is 5.65. The third-order valence-electron chi connectivity index (χ3n) is 4.44. The molecule has 1 aromatic heterocycles. The van der Waals surface area contributed by atoms with E-state index >= 15 is 0 Å². The number of benzene rings is 2. The fourth-order valence-corrected chi connectivity index (χ4v) is 3.19. The van der Waals surface area contributed by atoms with E-state index in [9.17, 15) is 4.79 Å². The molecule has 1 heterocycles. The summed E-state index contributed by atoms with van der Waals surface area (Å²) in [5.41, 5.74) is 2.31. The summed E-state index contributed by atoms with van der Waals surface area (Å²) in [6.07, 6.45) is 1.26. The summed E-state index contributed by atoms with van der Waals surface area (Å²) in [5, 5.41) is 7.34. The number of halogens is 1. The van der Waals surface area contributed by atoms with Gasteiger partial charge < -0.3 is 15.5 Å². The van der Waals surface area contributed by atoms with Gasteiger partial charge in [-0.25, -0.2) is 9.97 Å². The number of carbonyl (C=O) groups is 1. The Morgan fingerprint density at radius 3 is 2.62 bits per heavy atom. The van der Waals surface area contributed by atoms with Crippen molar-refractivity contribution in [3.8, 4) is 11.4 Å². The SMILES string of the molecule is CN(C)CCCNc1nc(-c2ccccc2NC(=O)CCCl)nc2ccccc12. The van der Waals surface area contributed by atoms with Gasteiger partial charge in [-0.05, 0) is 51.3 Å². The molecule has 0 unspecified atom stereocenters. The predicted octanol–water partition coefficient (Wildman–Crippen LogP) is 4.23. The van der Waals surface area contributed by atoms with Gasteiger partial charge in [-0.3, -0.25) is 4.79 Å². The highest BCUT2D eigenvalue weighted by molar-refractivity contribution is 6.19. The van der Waals surface area contributed by atoms with Crippen molar-refractivity contribution in [2.45, 2.75) is 12.8 Å². The second-order valence-corrected chi connectivity index (χ2v) is 7.41. The molecule has 0 saturated carbocycles. The molecule has 3 aromatic rings. The minimum absolute atomic E-state index is 0.129. The monoisotopic (exact) mass is 411 g/mol. The smallest absolute Gasteiger partial charge is 0.225 e. The maximum absolute atomic E-state index is 12.1. The van der Waals surface area contributed by atoms with E-state index in [-0.39, 0.29) is 18.2 Å². The Morgan fingerprint density at radius 1 is 1.07 bits per heavy atom. The zero-order chi connectivity index (χ0) is 20.6. The van der Waals surface area contributed by atoms with Crippen molar-refractivity contribution in [1.82, 2.24) is 14.9 Å². The first-order chi connectivity index (χ1) is 14.1.